The summed E-state index contributed by atoms with van der Waals surface area (Å²) in [6.07, 6.45) is 0.329. The third kappa shape index (κ3) is 6.61. The van der Waals surface area contributed by atoms with Gasteiger partial charge in [-0.05, 0) is 36.1 Å². The van der Waals surface area contributed by atoms with Gasteiger partial charge in [0.25, 0.3) is 0 Å². The Bertz CT molecular complexity index is 1240. The fourth-order valence-corrected chi connectivity index (χ4v) is 4.39. The normalized spacial score (nSPS) is 15.6. The molecular weight excluding hydrogens is 472 g/mol. The number of amides is 1. The molecule has 3 aromatic carbocycles. The summed E-state index contributed by atoms with van der Waals surface area (Å²) in [5.41, 5.74) is 5.49. The molecule has 2 N–H and O–H groups in total. The van der Waals surface area contributed by atoms with Crippen LogP contribution in [0.1, 0.15) is 36.0 Å². The van der Waals surface area contributed by atoms with Crippen LogP contribution in [0, 0.1) is 5.92 Å². The third-order valence-corrected chi connectivity index (χ3v) is 6.40. The van der Waals surface area contributed by atoms with E-state index in [0.717, 1.165) is 11.1 Å². The number of aliphatic carboxylic acids is 1. The van der Waals surface area contributed by atoms with Gasteiger partial charge in [0.05, 0.1) is 11.6 Å². The largest absolute Gasteiger partial charge is 0.481 e. The Hall–Kier alpha value is -4.46. The first-order valence-electron chi connectivity index (χ1n) is 12.1. The van der Waals surface area contributed by atoms with Gasteiger partial charge in [-0.15, -0.1) is 0 Å². The van der Waals surface area contributed by atoms with Crippen molar-refractivity contribution in [2.24, 2.45) is 5.92 Å². The standard InChI is InChI=1S/C29H28N2O6/c32-26(22-15-13-21(14-16-22)20-8-3-1-4-9-20)18-23(28(34)35)19-27(33)31-17-7-12-25(31)29(36)37-30-24-10-5-2-6-11-24/h1-6,8-11,13-16,23,25,30H,7,12,17-19H2,(H,34,35). The van der Waals surface area contributed by atoms with Crippen LogP contribution in [0.5, 0.6) is 0 Å². The number of ketones is 1. The molecule has 0 bridgehead atoms. The number of benzene rings is 3. The van der Waals surface area contributed by atoms with Crippen LogP contribution < -0.4 is 5.48 Å². The summed E-state index contributed by atoms with van der Waals surface area (Å²) < 4.78 is 0. The fraction of sp³-hybridized carbons (Fsp3) is 0.241. The zero-order valence-electron chi connectivity index (χ0n) is 20.2. The number of hydrogen-bond acceptors (Lipinski definition) is 6. The van der Waals surface area contributed by atoms with Crippen molar-refractivity contribution in [2.45, 2.75) is 31.7 Å². The second-order valence-electron chi connectivity index (χ2n) is 8.94. The summed E-state index contributed by atoms with van der Waals surface area (Å²) in [6.45, 7) is 0.325. The molecule has 3 aromatic rings. The minimum atomic E-state index is -1.23. The summed E-state index contributed by atoms with van der Waals surface area (Å²) in [6, 6.07) is 24.7. The monoisotopic (exact) mass is 500 g/mol. The summed E-state index contributed by atoms with van der Waals surface area (Å²) in [5, 5.41) is 9.71. The van der Waals surface area contributed by atoms with Crippen LogP contribution in [-0.2, 0) is 19.2 Å². The molecule has 1 amide bonds. The first-order chi connectivity index (χ1) is 17.9. The van der Waals surface area contributed by atoms with Gasteiger partial charge in [-0.1, -0.05) is 72.8 Å². The Morgan fingerprint density at radius 1 is 0.865 bits per heavy atom. The van der Waals surface area contributed by atoms with Crippen molar-refractivity contribution in [1.29, 1.82) is 0 Å². The number of para-hydroxylation sites is 1. The number of carboxylic acid groups (broad SMARTS) is 1. The Labute approximate surface area is 214 Å². The lowest BCUT2D eigenvalue weighted by Gasteiger charge is -2.24. The Kier molecular flexibility index (Phi) is 8.30. The van der Waals surface area contributed by atoms with Crippen molar-refractivity contribution in [3.63, 3.8) is 0 Å². The number of carbonyl (C=O) groups is 4. The van der Waals surface area contributed by atoms with Crippen LogP contribution in [0.2, 0.25) is 0 Å². The van der Waals surface area contributed by atoms with Gasteiger partial charge in [0.2, 0.25) is 5.91 Å². The SMILES string of the molecule is O=C(CC(CC(=O)N1CCCC1C(=O)ONc1ccccc1)C(=O)O)c1ccc(-c2ccccc2)cc1. The van der Waals surface area contributed by atoms with Crippen LogP contribution in [0.3, 0.4) is 0 Å². The lowest BCUT2D eigenvalue weighted by Crippen LogP contribution is -2.43. The topological polar surface area (TPSA) is 113 Å². The van der Waals surface area contributed by atoms with Crippen LogP contribution in [0.15, 0.2) is 84.9 Å². The van der Waals surface area contributed by atoms with Gasteiger partial charge >= 0.3 is 11.9 Å². The van der Waals surface area contributed by atoms with Gasteiger partial charge in [0.1, 0.15) is 6.04 Å². The molecule has 0 radical (unpaired) electrons. The predicted octanol–water partition coefficient (Wildman–Crippen LogP) is 4.58. The van der Waals surface area contributed by atoms with Crippen LogP contribution in [0.4, 0.5) is 5.69 Å². The van der Waals surface area contributed by atoms with E-state index >= 15 is 0 Å². The van der Waals surface area contributed by atoms with Crippen molar-refractivity contribution in [3.05, 3.63) is 90.5 Å². The zero-order valence-corrected chi connectivity index (χ0v) is 20.2. The van der Waals surface area contributed by atoms with Crippen molar-refractivity contribution in [1.82, 2.24) is 4.90 Å². The number of anilines is 1. The number of nitrogens with zero attached hydrogens (tertiary/aromatic N) is 1. The van der Waals surface area contributed by atoms with Crippen molar-refractivity contribution in [3.8, 4) is 11.1 Å². The first kappa shape index (κ1) is 25.6. The summed E-state index contributed by atoms with van der Waals surface area (Å²) in [7, 11) is 0. The molecule has 1 aliphatic rings. The molecule has 37 heavy (non-hydrogen) atoms. The molecule has 8 heteroatoms. The van der Waals surface area contributed by atoms with Crippen LogP contribution in [-0.4, -0.2) is 46.2 Å². The van der Waals surface area contributed by atoms with Crippen LogP contribution in [0.25, 0.3) is 11.1 Å². The molecule has 1 fully saturated rings. The van der Waals surface area contributed by atoms with E-state index in [0.29, 0.717) is 30.6 Å². The minimum Gasteiger partial charge on any atom is -0.481 e. The third-order valence-electron chi connectivity index (χ3n) is 6.40. The van der Waals surface area contributed by atoms with E-state index in [4.69, 9.17) is 4.84 Å². The second-order valence-corrected chi connectivity index (χ2v) is 8.94. The number of carbonyl (C=O) groups excluding carboxylic acids is 3. The zero-order chi connectivity index (χ0) is 26.2. The molecule has 2 atom stereocenters. The Morgan fingerprint density at radius 3 is 2.14 bits per heavy atom. The van der Waals surface area contributed by atoms with Crippen LogP contribution >= 0.6 is 0 Å². The number of hydrogen-bond donors (Lipinski definition) is 2. The second kappa shape index (κ2) is 12.0. The van der Waals surface area contributed by atoms with E-state index in [1.807, 2.05) is 48.5 Å². The summed E-state index contributed by atoms with van der Waals surface area (Å²) in [4.78, 5) is 56.8. The molecule has 2 unspecified atom stereocenters. The average molecular weight is 501 g/mol. The molecular formula is C29H28N2O6. The average Bonchev–Trinajstić information content (AvgIpc) is 3.43. The minimum absolute atomic E-state index is 0.315. The van der Waals surface area contributed by atoms with Gasteiger partial charge in [0.15, 0.2) is 5.78 Å². The highest BCUT2D eigenvalue weighted by Gasteiger charge is 2.37. The highest BCUT2D eigenvalue weighted by atomic mass is 16.7. The van der Waals surface area contributed by atoms with Gasteiger partial charge in [-0.25, -0.2) is 10.3 Å². The predicted molar refractivity (Wildman–Crippen MR) is 137 cm³/mol. The quantitative estimate of drug-likeness (QED) is 0.309. The van der Waals surface area contributed by atoms with Gasteiger partial charge in [0, 0.05) is 24.9 Å². The summed E-state index contributed by atoms with van der Waals surface area (Å²) in [5.74, 6) is -3.89. The van der Waals surface area contributed by atoms with E-state index < -0.39 is 29.8 Å². The van der Waals surface area contributed by atoms with Gasteiger partial charge in [-0.3, -0.25) is 14.4 Å². The highest BCUT2D eigenvalue weighted by Crippen LogP contribution is 2.24. The van der Waals surface area contributed by atoms with E-state index in [2.05, 4.69) is 5.48 Å². The van der Waals surface area contributed by atoms with E-state index in [-0.39, 0.29) is 18.6 Å². The maximum atomic E-state index is 13.0. The smallest absolute Gasteiger partial charge is 0.354 e. The maximum absolute atomic E-state index is 13.0. The molecule has 1 heterocycles. The Morgan fingerprint density at radius 2 is 1.49 bits per heavy atom. The van der Waals surface area contributed by atoms with E-state index in [1.54, 1.807) is 36.4 Å². The number of carboxylic acids is 1. The Balaban J connectivity index is 1.35. The molecule has 0 aliphatic carbocycles. The number of likely N-dealkylation sites (tertiary alicyclic amines) is 1. The molecule has 0 saturated carbocycles. The van der Waals surface area contributed by atoms with E-state index in [1.165, 1.54) is 4.90 Å². The summed E-state index contributed by atoms with van der Waals surface area (Å²) >= 11 is 0. The highest BCUT2D eigenvalue weighted by molar-refractivity contribution is 5.99. The number of nitrogens with one attached hydrogen (secondary N) is 1. The van der Waals surface area contributed by atoms with Crippen molar-refractivity contribution in [2.75, 3.05) is 12.0 Å². The lowest BCUT2D eigenvalue weighted by atomic mass is 9.94. The molecule has 1 saturated heterocycles. The molecule has 190 valence electrons. The number of Topliss-reactive ketones (excluding diaryl/α,β-unsaturated/α-hetero) is 1. The van der Waals surface area contributed by atoms with Gasteiger partial charge in [-0.2, -0.15) is 0 Å². The van der Waals surface area contributed by atoms with Gasteiger partial charge < -0.3 is 14.8 Å². The molecule has 4 rings (SSSR count). The molecule has 1 aliphatic heterocycles. The molecule has 0 spiro atoms. The van der Waals surface area contributed by atoms with Crippen molar-refractivity contribution < 1.29 is 29.1 Å². The van der Waals surface area contributed by atoms with E-state index in [9.17, 15) is 24.3 Å². The van der Waals surface area contributed by atoms with Crippen molar-refractivity contribution >= 4 is 29.3 Å². The molecule has 8 nitrogen and oxygen atoms in total. The number of rotatable bonds is 10. The lowest BCUT2D eigenvalue weighted by molar-refractivity contribution is -0.152. The molecule has 0 aromatic heterocycles. The fourth-order valence-electron chi connectivity index (χ4n) is 4.39. The maximum Gasteiger partial charge on any atom is 0.354 e. The first-order valence-corrected chi connectivity index (χ1v) is 12.1.